The summed E-state index contributed by atoms with van der Waals surface area (Å²) in [5.41, 5.74) is 8.06. The van der Waals surface area contributed by atoms with Gasteiger partial charge in [0, 0.05) is 11.4 Å². The van der Waals surface area contributed by atoms with E-state index in [9.17, 15) is 4.79 Å². The molecule has 0 aliphatic rings. The molecule has 2 rings (SSSR count). The third-order valence-electron chi connectivity index (χ3n) is 2.72. The van der Waals surface area contributed by atoms with Crippen molar-refractivity contribution in [3.8, 4) is 6.07 Å². The molecule has 0 atom stereocenters. The predicted octanol–water partition coefficient (Wildman–Crippen LogP) is 2.98. The highest BCUT2D eigenvalue weighted by atomic mass is 35.5. The van der Waals surface area contributed by atoms with Gasteiger partial charge in [-0.2, -0.15) is 5.26 Å². The summed E-state index contributed by atoms with van der Waals surface area (Å²) in [7, 11) is 0. The van der Waals surface area contributed by atoms with Crippen LogP contribution in [-0.4, -0.2) is 5.91 Å². The maximum absolute atomic E-state index is 11.9. The average molecular weight is 286 g/mol. The van der Waals surface area contributed by atoms with Crippen molar-refractivity contribution in [2.24, 2.45) is 0 Å². The van der Waals surface area contributed by atoms with E-state index in [4.69, 9.17) is 22.6 Å². The van der Waals surface area contributed by atoms with Crippen molar-refractivity contribution in [3.63, 3.8) is 0 Å². The van der Waals surface area contributed by atoms with E-state index in [-0.39, 0.29) is 12.3 Å². The molecular weight excluding hydrogens is 274 g/mol. The van der Waals surface area contributed by atoms with Crippen molar-refractivity contribution >= 4 is 28.9 Å². The van der Waals surface area contributed by atoms with E-state index in [0.717, 1.165) is 5.56 Å². The van der Waals surface area contributed by atoms with Gasteiger partial charge in [-0.3, -0.25) is 4.79 Å². The number of rotatable bonds is 3. The molecule has 0 unspecified atom stereocenters. The summed E-state index contributed by atoms with van der Waals surface area (Å²) >= 11 is 5.90. The number of anilines is 2. The lowest BCUT2D eigenvalue weighted by atomic mass is 10.1. The molecule has 0 heterocycles. The number of nitrogens with one attached hydrogen (secondary N) is 1. The molecule has 0 saturated carbocycles. The number of carbonyl (C=O) groups excluding carboxylic acids is 1. The summed E-state index contributed by atoms with van der Waals surface area (Å²) in [6.45, 7) is 0. The van der Waals surface area contributed by atoms with E-state index in [1.807, 2.05) is 6.07 Å². The Balaban J connectivity index is 2.03. The highest BCUT2D eigenvalue weighted by molar-refractivity contribution is 6.32. The average Bonchev–Trinajstić information content (AvgIpc) is 2.41. The van der Waals surface area contributed by atoms with Crippen molar-refractivity contribution in [2.75, 3.05) is 11.1 Å². The fourth-order valence-corrected chi connectivity index (χ4v) is 1.93. The van der Waals surface area contributed by atoms with Gasteiger partial charge in [0.15, 0.2) is 0 Å². The van der Waals surface area contributed by atoms with Crippen LogP contribution in [0.4, 0.5) is 11.4 Å². The zero-order chi connectivity index (χ0) is 14.5. The van der Waals surface area contributed by atoms with E-state index >= 15 is 0 Å². The van der Waals surface area contributed by atoms with E-state index in [1.54, 1.807) is 42.5 Å². The molecule has 0 bridgehead atoms. The minimum Gasteiger partial charge on any atom is -0.399 e. The molecule has 2 aromatic rings. The number of halogens is 1. The molecule has 5 heteroatoms. The second kappa shape index (κ2) is 6.09. The minimum atomic E-state index is -0.157. The van der Waals surface area contributed by atoms with Gasteiger partial charge in [-0.1, -0.05) is 23.7 Å². The fourth-order valence-electron chi connectivity index (χ4n) is 1.71. The summed E-state index contributed by atoms with van der Waals surface area (Å²) in [4.78, 5) is 11.9. The second-order valence-electron chi connectivity index (χ2n) is 4.27. The van der Waals surface area contributed by atoms with Crippen molar-refractivity contribution in [3.05, 3.63) is 58.6 Å². The molecule has 0 aromatic heterocycles. The topological polar surface area (TPSA) is 78.9 Å². The van der Waals surface area contributed by atoms with E-state index < -0.39 is 0 Å². The van der Waals surface area contributed by atoms with Crippen LogP contribution in [0.15, 0.2) is 42.5 Å². The van der Waals surface area contributed by atoms with Crippen molar-refractivity contribution in [2.45, 2.75) is 6.42 Å². The van der Waals surface area contributed by atoms with Crippen molar-refractivity contribution < 1.29 is 4.79 Å². The Hall–Kier alpha value is -2.51. The monoisotopic (exact) mass is 285 g/mol. The Morgan fingerprint density at radius 3 is 2.55 bits per heavy atom. The molecule has 20 heavy (non-hydrogen) atoms. The van der Waals surface area contributed by atoms with Crippen LogP contribution in [0.1, 0.15) is 11.1 Å². The first kappa shape index (κ1) is 13.9. The maximum Gasteiger partial charge on any atom is 0.228 e. The number of benzene rings is 2. The maximum atomic E-state index is 11.9. The molecule has 0 spiro atoms. The van der Waals surface area contributed by atoms with Gasteiger partial charge in [-0.25, -0.2) is 0 Å². The van der Waals surface area contributed by atoms with Crippen LogP contribution in [0.25, 0.3) is 0 Å². The minimum absolute atomic E-state index is 0.157. The molecule has 0 fully saturated rings. The summed E-state index contributed by atoms with van der Waals surface area (Å²) in [6.07, 6.45) is 0.248. The normalized spacial score (nSPS) is 9.80. The highest BCUT2D eigenvalue weighted by Gasteiger charge is 2.06. The molecule has 0 aliphatic carbocycles. The smallest absolute Gasteiger partial charge is 0.228 e. The predicted molar refractivity (Wildman–Crippen MR) is 79.4 cm³/mol. The summed E-state index contributed by atoms with van der Waals surface area (Å²) in [5.74, 6) is -0.157. The third-order valence-corrected chi connectivity index (χ3v) is 3.03. The number of amides is 1. The second-order valence-corrected chi connectivity index (χ2v) is 4.68. The van der Waals surface area contributed by atoms with Crippen LogP contribution in [0.3, 0.4) is 0 Å². The summed E-state index contributed by atoms with van der Waals surface area (Å²) < 4.78 is 0. The molecule has 0 aliphatic heterocycles. The van der Waals surface area contributed by atoms with Crippen LogP contribution < -0.4 is 11.1 Å². The molecule has 100 valence electrons. The molecule has 0 saturated heterocycles. The largest absolute Gasteiger partial charge is 0.399 e. The quantitative estimate of drug-likeness (QED) is 0.851. The Morgan fingerprint density at radius 1 is 1.25 bits per heavy atom. The Kier molecular flexibility index (Phi) is 4.24. The molecular formula is C15H12ClN3O. The molecule has 3 N–H and O–H groups in total. The lowest BCUT2D eigenvalue weighted by molar-refractivity contribution is -0.115. The van der Waals surface area contributed by atoms with Gasteiger partial charge in [0.1, 0.15) is 6.07 Å². The summed E-state index contributed by atoms with van der Waals surface area (Å²) in [6, 6.07) is 13.9. The SMILES string of the molecule is N#Cc1ccc(NC(=O)Cc2ccc(N)cc2)cc1Cl. The zero-order valence-corrected chi connectivity index (χ0v) is 11.3. The zero-order valence-electron chi connectivity index (χ0n) is 10.6. The Labute approximate surface area is 121 Å². The number of carbonyl (C=O) groups is 1. The van der Waals surface area contributed by atoms with Crippen LogP contribution in [-0.2, 0) is 11.2 Å². The van der Waals surface area contributed by atoms with E-state index in [1.165, 1.54) is 0 Å². The van der Waals surface area contributed by atoms with Crippen LogP contribution >= 0.6 is 11.6 Å². The number of nitriles is 1. The molecule has 0 radical (unpaired) electrons. The van der Waals surface area contributed by atoms with Gasteiger partial charge in [-0.05, 0) is 35.9 Å². The number of hydrogen-bond donors (Lipinski definition) is 2. The van der Waals surface area contributed by atoms with E-state index in [0.29, 0.717) is 22.0 Å². The first-order valence-corrected chi connectivity index (χ1v) is 6.30. The van der Waals surface area contributed by atoms with Gasteiger partial charge in [0.25, 0.3) is 0 Å². The first-order valence-electron chi connectivity index (χ1n) is 5.92. The number of nitrogens with two attached hydrogens (primary N) is 1. The first-order chi connectivity index (χ1) is 9.58. The van der Waals surface area contributed by atoms with Gasteiger partial charge in [0.05, 0.1) is 17.0 Å². The van der Waals surface area contributed by atoms with E-state index in [2.05, 4.69) is 5.32 Å². The van der Waals surface area contributed by atoms with Crippen molar-refractivity contribution in [1.82, 2.24) is 0 Å². The standard InChI is InChI=1S/C15H12ClN3O/c16-14-8-13(6-3-11(14)9-17)19-15(20)7-10-1-4-12(18)5-2-10/h1-6,8H,7,18H2,(H,19,20). The number of nitrogen functional groups attached to an aromatic ring is 1. The van der Waals surface area contributed by atoms with Crippen molar-refractivity contribution in [1.29, 1.82) is 5.26 Å². The van der Waals surface area contributed by atoms with Gasteiger partial charge < -0.3 is 11.1 Å². The molecule has 1 amide bonds. The summed E-state index contributed by atoms with van der Waals surface area (Å²) in [5, 5.41) is 11.8. The van der Waals surface area contributed by atoms with Crippen LogP contribution in [0.5, 0.6) is 0 Å². The number of nitrogens with zero attached hydrogens (tertiary/aromatic N) is 1. The lowest BCUT2D eigenvalue weighted by Gasteiger charge is -2.06. The lowest BCUT2D eigenvalue weighted by Crippen LogP contribution is -2.14. The fraction of sp³-hybridized carbons (Fsp3) is 0.0667. The highest BCUT2D eigenvalue weighted by Crippen LogP contribution is 2.20. The molecule has 2 aromatic carbocycles. The van der Waals surface area contributed by atoms with Crippen LogP contribution in [0.2, 0.25) is 5.02 Å². The van der Waals surface area contributed by atoms with Gasteiger partial charge >= 0.3 is 0 Å². The number of hydrogen-bond acceptors (Lipinski definition) is 3. The van der Waals surface area contributed by atoms with Gasteiger partial charge in [-0.15, -0.1) is 0 Å². The third kappa shape index (κ3) is 3.50. The van der Waals surface area contributed by atoms with Crippen LogP contribution in [0, 0.1) is 11.3 Å². The Bertz CT molecular complexity index is 675. The Morgan fingerprint density at radius 2 is 1.95 bits per heavy atom. The molecule has 4 nitrogen and oxygen atoms in total. The van der Waals surface area contributed by atoms with Gasteiger partial charge in [0.2, 0.25) is 5.91 Å².